The maximum absolute atomic E-state index is 12.0. The smallest absolute Gasteiger partial charge is 0.317 e. The fourth-order valence-electron chi connectivity index (χ4n) is 1.91. The number of aliphatic carboxylic acids is 1. The lowest BCUT2D eigenvalue weighted by Gasteiger charge is -2.28. The van der Waals surface area contributed by atoms with E-state index in [-0.39, 0.29) is 17.5 Å². The number of hydrogen-bond acceptors (Lipinski definition) is 2. The van der Waals surface area contributed by atoms with Gasteiger partial charge in [-0.3, -0.25) is 4.79 Å². The van der Waals surface area contributed by atoms with Crippen LogP contribution in [-0.4, -0.2) is 40.6 Å². The maximum atomic E-state index is 12.0. The van der Waals surface area contributed by atoms with Gasteiger partial charge in [0, 0.05) is 18.6 Å². The average Bonchev–Trinajstić information content (AvgIpc) is 2.60. The molecule has 0 saturated carbocycles. The summed E-state index contributed by atoms with van der Waals surface area (Å²) >= 11 is 0. The molecule has 17 heavy (non-hydrogen) atoms. The number of carboxylic acids is 1. The SMILES string of the molecule is CCC(C)(C)NC(=O)N1C[C@@H](C)[C@H](C(=O)O)C1. The van der Waals surface area contributed by atoms with Crippen molar-refractivity contribution in [2.75, 3.05) is 13.1 Å². The Morgan fingerprint density at radius 2 is 2.00 bits per heavy atom. The van der Waals surface area contributed by atoms with Crippen LogP contribution in [0.15, 0.2) is 0 Å². The van der Waals surface area contributed by atoms with Crippen molar-refractivity contribution in [3.63, 3.8) is 0 Å². The molecule has 0 aromatic carbocycles. The number of amides is 2. The third-order valence-electron chi connectivity index (χ3n) is 3.55. The normalized spacial score (nSPS) is 24.8. The number of likely N-dealkylation sites (tertiary alicyclic amines) is 1. The van der Waals surface area contributed by atoms with Crippen molar-refractivity contribution in [3.8, 4) is 0 Å². The van der Waals surface area contributed by atoms with Crippen molar-refractivity contribution >= 4 is 12.0 Å². The Morgan fingerprint density at radius 1 is 1.41 bits per heavy atom. The van der Waals surface area contributed by atoms with E-state index in [1.54, 1.807) is 4.90 Å². The summed E-state index contributed by atoms with van der Waals surface area (Å²) in [5.74, 6) is -1.24. The second kappa shape index (κ2) is 4.94. The van der Waals surface area contributed by atoms with Crippen LogP contribution in [0.3, 0.4) is 0 Å². The second-order valence-corrected chi connectivity index (χ2v) is 5.49. The highest BCUT2D eigenvalue weighted by molar-refractivity contribution is 5.78. The molecule has 98 valence electrons. The number of carbonyl (C=O) groups is 2. The van der Waals surface area contributed by atoms with Gasteiger partial charge in [0.1, 0.15) is 0 Å². The van der Waals surface area contributed by atoms with Crippen LogP contribution in [0, 0.1) is 11.8 Å². The van der Waals surface area contributed by atoms with Crippen LogP contribution >= 0.6 is 0 Å². The zero-order valence-electron chi connectivity index (χ0n) is 11.0. The molecule has 0 aromatic rings. The van der Waals surface area contributed by atoms with E-state index in [4.69, 9.17) is 5.11 Å². The van der Waals surface area contributed by atoms with Crippen molar-refractivity contribution in [2.24, 2.45) is 11.8 Å². The summed E-state index contributed by atoms with van der Waals surface area (Å²) in [6, 6.07) is -0.160. The minimum Gasteiger partial charge on any atom is -0.481 e. The summed E-state index contributed by atoms with van der Waals surface area (Å²) in [6.45, 7) is 8.62. The van der Waals surface area contributed by atoms with E-state index in [0.717, 1.165) is 6.42 Å². The molecule has 1 heterocycles. The van der Waals surface area contributed by atoms with Gasteiger partial charge in [0.25, 0.3) is 0 Å². The van der Waals surface area contributed by atoms with Gasteiger partial charge in [0.15, 0.2) is 0 Å². The molecular weight excluding hydrogens is 220 g/mol. The van der Waals surface area contributed by atoms with Gasteiger partial charge >= 0.3 is 12.0 Å². The van der Waals surface area contributed by atoms with Crippen LogP contribution in [0.5, 0.6) is 0 Å². The molecule has 1 aliphatic rings. The highest BCUT2D eigenvalue weighted by Gasteiger charge is 2.37. The molecule has 1 fully saturated rings. The van der Waals surface area contributed by atoms with Gasteiger partial charge in [0.05, 0.1) is 5.92 Å². The standard InChI is InChI=1S/C12H22N2O3/c1-5-12(3,4)13-11(17)14-6-8(2)9(7-14)10(15)16/h8-9H,5-7H2,1-4H3,(H,13,17)(H,15,16)/t8-,9-/m1/s1. The monoisotopic (exact) mass is 242 g/mol. The first-order valence-corrected chi connectivity index (χ1v) is 6.06. The van der Waals surface area contributed by atoms with Crippen molar-refractivity contribution in [2.45, 2.75) is 39.7 Å². The molecule has 2 N–H and O–H groups in total. The highest BCUT2D eigenvalue weighted by atomic mass is 16.4. The average molecular weight is 242 g/mol. The van der Waals surface area contributed by atoms with Crippen LogP contribution in [0.1, 0.15) is 34.1 Å². The zero-order valence-corrected chi connectivity index (χ0v) is 11.0. The van der Waals surface area contributed by atoms with E-state index in [9.17, 15) is 9.59 Å². The van der Waals surface area contributed by atoms with Crippen LogP contribution in [-0.2, 0) is 4.79 Å². The quantitative estimate of drug-likeness (QED) is 0.788. The molecule has 0 aliphatic carbocycles. The Morgan fingerprint density at radius 3 is 2.41 bits per heavy atom. The molecule has 1 rings (SSSR count). The number of nitrogens with zero attached hydrogens (tertiary/aromatic N) is 1. The van der Waals surface area contributed by atoms with Crippen molar-refractivity contribution < 1.29 is 14.7 Å². The van der Waals surface area contributed by atoms with E-state index in [2.05, 4.69) is 5.32 Å². The van der Waals surface area contributed by atoms with Gasteiger partial charge in [-0.15, -0.1) is 0 Å². The molecule has 2 amide bonds. The van der Waals surface area contributed by atoms with Gasteiger partial charge in [-0.2, -0.15) is 0 Å². The first kappa shape index (κ1) is 13.8. The van der Waals surface area contributed by atoms with E-state index in [1.807, 2.05) is 27.7 Å². The van der Waals surface area contributed by atoms with Crippen LogP contribution < -0.4 is 5.32 Å². The maximum Gasteiger partial charge on any atom is 0.317 e. The summed E-state index contributed by atoms with van der Waals surface area (Å²) in [7, 11) is 0. The fraction of sp³-hybridized carbons (Fsp3) is 0.833. The second-order valence-electron chi connectivity index (χ2n) is 5.49. The lowest BCUT2D eigenvalue weighted by molar-refractivity contribution is -0.142. The van der Waals surface area contributed by atoms with Gasteiger partial charge in [-0.1, -0.05) is 13.8 Å². The predicted molar refractivity (Wildman–Crippen MR) is 64.8 cm³/mol. The Bertz CT molecular complexity index is 315. The molecule has 0 bridgehead atoms. The lowest BCUT2D eigenvalue weighted by atomic mass is 9.99. The van der Waals surface area contributed by atoms with Gasteiger partial charge < -0.3 is 15.3 Å². The van der Waals surface area contributed by atoms with Crippen molar-refractivity contribution in [3.05, 3.63) is 0 Å². The molecule has 0 aromatic heterocycles. The number of nitrogens with one attached hydrogen (secondary N) is 1. The Labute approximate surface area is 102 Å². The van der Waals surface area contributed by atoms with E-state index in [1.165, 1.54) is 0 Å². The van der Waals surface area contributed by atoms with E-state index in [0.29, 0.717) is 13.1 Å². The predicted octanol–water partition coefficient (Wildman–Crippen LogP) is 1.54. The van der Waals surface area contributed by atoms with Gasteiger partial charge in [-0.25, -0.2) is 4.79 Å². The molecule has 2 atom stereocenters. The van der Waals surface area contributed by atoms with Crippen molar-refractivity contribution in [1.29, 1.82) is 0 Å². The van der Waals surface area contributed by atoms with Gasteiger partial charge in [-0.05, 0) is 26.2 Å². The molecule has 5 nitrogen and oxygen atoms in total. The molecular formula is C12H22N2O3. The molecule has 0 unspecified atom stereocenters. The van der Waals surface area contributed by atoms with Crippen molar-refractivity contribution in [1.82, 2.24) is 10.2 Å². The number of rotatable bonds is 3. The first-order valence-electron chi connectivity index (χ1n) is 6.06. The fourth-order valence-corrected chi connectivity index (χ4v) is 1.91. The summed E-state index contributed by atoms with van der Waals surface area (Å²) in [5.41, 5.74) is -0.248. The topological polar surface area (TPSA) is 69.6 Å². The Hall–Kier alpha value is -1.26. The number of carbonyl (C=O) groups excluding carboxylic acids is 1. The zero-order chi connectivity index (χ0) is 13.2. The van der Waals surface area contributed by atoms with E-state index < -0.39 is 11.9 Å². The summed E-state index contributed by atoms with van der Waals surface area (Å²) in [5, 5.41) is 11.9. The molecule has 0 spiro atoms. The Kier molecular flexibility index (Phi) is 4.01. The number of carboxylic acid groups (broad SMARTS) is 1. The van der Waals surface area contributed by atoms with Crippen LogP contribution in [0.2, 0.25) is 0 Å². The highest BCUT2D eigenvalue weighted by Crippen LogP contribution is 2.23. The van der Waals surface area contributed by atoms with Gasteiger partial charge in [0.2, 0.25) is 0 Å². The summed E-state index contributed by atoms with van der Waals surface area (Å²) in [6.07, 6.45) is 0.838. The molecule has 1 saturated heterocycles. The third-order valence-corrected chi connectivity index (χ3v) is 3.55. The Balaban J connectivity index is 2.59. The lowest BCUT2D eigenvalue weighted by Crippen LogP contribution is -2.49. The van der Waals surface area contributed by atoms with E-state index >= 15 is 0 Å². The first-order chi connectivity index (χ1) is 7.76. The number of hydrogen-bond donors (Lipinski definition) is 2. The third kappa shape index (κ3) is 3.35. The molecule has 1 aliphatic heterocycles. The van der Waals surface area contributed by atoms with Crippen LogP contribution in [0.25, 0.3) is 0 Å². The summed E-state index contributed by atoms with van der Waals surface area (Å²) < 4.78 is 0. The minimum atomic E-state index is -0.817. The molecule has 5 heteroatoms. The van der Waals surface area contributed by atoms with Crippen LogP contribution in [0.4, 0.5) is 4.79 Å². The summed E-state index contributed by atoms with van der Waals surface area (Å²) in [4.78, 5) is 24.5. The minimum absolute atomic E-state index is 0.0167. The largest absolute Gasteiger partial charge is 0.481 e. The number of urea groups is 1. The molecule has 0 radical (unpaired) electrons.